The molecule has 1 aliphatic carbocycles. The van der Waals surface area contributed by atoms with Crippen molar-refractivity contribution >= 4 is 17.6 Å². The smallest absolute Gasteiger partial charge is 0.310 e. The highest BCUT2D eigenvalue weighted by molar-refractivity contribution is 5.95. The van der Waals surface area contributed by atoms with Gasteiger partial charge in [-0.25, -0.2) is 0 Å². The summed E-state index contributed by atoms with van der Waals surface area (Å²) in [4.78, 5) is 24.7. The molecule has 1 N–H and O–H groups in total. The van der Waals surface area contributed by atoms with E-state index in [2.05, 4.69) is 5.32 Å². The molecule has 1 amide bonds. The van der Waals surface area contributed by atoms with Crippen molar-refractivity contribution in [3.05, 3.63) is 42.0 Å². The fourth-order valence-electron chi connectivity index (χ4n) is 2.56. The molecule has 0 radical (unpaired) electrons. The summed E-state index contributed by atoms with van der Waals surface area (Å²) in [7, 11) is 0. The molecule has 0 saturated heterocycles. The highest BCUT2D eigenvalue weighted by atomic mass is 16.5. The summed E-state index contributed by atoms with van der Waals surface area (Å²) < 4.78 is 5.28. The third kappa shape index (κ3) is 4.20. The number of anilines is 1. The van der Waals surface area contributed by atoms with E-state index < -0.39 is 5.92 Å². The SMILES string of the molecule is Cc1ccc(NC(=O)[C@@H]2CC=CC[C@@H]2C(=O)OC(C)C)cc1. The molecule has 0 unspecified atom stereocenters. The predicted octanol–water partition coefficient (Wildman–Crippen LogP) is 3.47. The number of nitrogens with one attached hydrogen (secondary N) is 1. The average molecular weight is 301 g/mol. The van der Waals surface area contributed by atoms with Gasteiger partial charge in [-0.15, -0.1) is 0 Å². The molecule has 4 nitrogen and oxygen atoms in total. The van der Waals surface area contributed by atoms with Crippen LogP contribution in [-0.2, 0) is 14.3 Å². The first-order chi connectivity index (χ1) is 10.5. The number of aryl methyl sites for hydroxylation is 1. The zero-order valence-electron chi connectivity index (χ0n) is 13.3. The monoisotopic (exact) mass is 301 g/mol. The minimum atomic E-state index is -0.405. The molecule has 0 spiro atoms. The van der Waals surface area contributed by atoms with Gasteiger partial charge in [-0.1, -0.05) is 29.8 Å². The second-order valence-corrected chi connectivity index (χ2v) is 6.00. The normalized spacial score (nSPS) is 20.7. The van der Waals surface area contributed by atoms with Crippen LogP contribution < -0.4 is 5.32 Å². The Bertz CT molecular complexity index is 560. The van der Waals surface area contributed by atoms with Crippen molar-refractivity contribution in [2.75, 3.05) is 5.32 Å². The van der Waals surface area contributed by atoms with E-state index in [4.69, 9.17) is 4.74 Å². The van der Waals surface area contributed by atoms with Gasteiger partial charge in [0.25, 0.3) is 0 Å². The van der Waals surface area contributed by atoms with E-state index in [-0.39, 0.29) is 23.9 Å². The van der Waals surface area contributed by atoms with Crippen LogP contribution in [0.2, 0.25) is 0 Å². The largest absolute Gasteiger partial charge is 0.463 e. The van der Waals surface area contributed by atoms with Gasteiger partial charge in [-0.2, -0.15) is 0 Å². The zero-order valence-corrected chi connectivity index (χ0v) is 13.3. The number of esters is 1. The minimum absolute atomic E-state index is 0.126. The number of amides is 1. The summed E-state index contributed by atoms with van der Waals surface area (Å²) in [5.74, 6) is -1.20. The van der Waals surface area contributed by atoms with E-state index in [1.165, 1.54) is 0 Å². The van der Waals surface area contributed by atoms with Crippen molar-refractivity contribution in [3.8, 4) is 0 Å². The molecule has 1 aliphatic rings. The van der Waals surface area contributed by atoms with Gasteiger partial charge < -0.3 is 10.1 Å². The molecule has 0 bridgehead atoms. The second kappa shape index (κ2) is 7.25. The first-order valence-corrected chi connectivity index (χ1v) is 7.70. The lowest BCUT2D eigenvalue weighted by molar-refractivity contribution is -0.156. The Morgan fingerprint density at radius 2 is 1.68 bits per heavy atom. The zero-order chi connectivity index (χ0) is 16.1. The average Bonchev–Trinajstić information content (AvgIpc) is 2.49. The van der Waals surface area contributed by atoms with Crippen LogP contribution in [0.5, 0.6) is 0 Å². The van der Waals surface area contributed by atoms with Gasteiger partial charge in [0.05, 0.1) is 17.9 Å². The van der Waals surface area contributed by atoms with Gasteiger partial charge in [-0.3, -0.25) is 9.59 Å². The Morgan fingerprint density at radius 3 is 2.27 bits per heavy atom. The summed E-state index contributed by atoms with van der Waals surface area (Å²) >= 11 is 0. The summed E-state index contributed by atoms with van der Waals surface area (Å²) in [5, 5.41) is 2.90. The fraction of sp³-hybridized carbons (Fsp3) is 0.444. The molecule has 0 aromatic heterocycles. The molecule has 1 aromatic rings. The Morgan fingerprint density at radius 1 is 1.09 bits per heavy atom. The number of carbonyl (C=O) groups is 2. The quantitative estimate of drug-likeness (QED) is 0.684. The lowest BCUT2D eigenvalue weighted by Crippen LogP contribution is -2.36. The number of allylic oxidation sites excluding steroid dienone is 2. The highest BCUT2D eigenvalue weighted by Gasteiger charge is 2.35. The van der Waals surface area contributed by atoms with Crippen LogP contribution in [-0.4, -0.2) is 18.0 Å². The number of benzene rings is 1. The molecule has 0 fully saturated rings. The van der Waals surface area contributed by atoms with Gasteiger partial charge in [-0.05, 0) is 45.7 Å². The van der Waals surface area contributed by atoms with Gasteiger partial charge in [0.1, 0.15) is 0 Å². The number of hydrogen-bond acceptors (Lipinski definition) is 3. The molecule has 4 heteroatoms. The third-order valence-corrected chi connectivity index (χ3v) is 3.74. The molecule has 2 rings (SSSR count). The van der Waals surface area contributed by atoms with E-state index in [0.717, 1.165) is 11.3 Å². The summed E-state index contributed by atoms with van der Waals surface area (Å²) in [6.45, 7) is 5.63. The van der Waals surface area contributed by atoms with Crippen LogP contribution in [0.4, 0.5) is 5.69 Å². The van der Waals surface area contributed by atoms with Crippen LogP contribution >= 0.6 is 0 Å². The first kappa shape index (κ1) is 16.3. The van der Waals surface area contributed by atoms with Crippen LogP contribution in [0.15, 0.2) is 36.4 Å². The van der Waals surface area contributed by atoms with Crippen molar-refractivity contribution in [1.29, 1.82) is 0 Å². The maximum absolute atomic E-state index is 12.5. The molecule has 1 aromatic carbocycles. The van der Waals surface area contributed by atoms with E-state index in [1.807, 2.05) is 57.2 Å². The summed E-state index contributed by atoms with van der Waals surface area (Å²) in [6, 6.07) is 7.63. The molecular formula is C18H23NO3. The highest BCUT2D eigenvalue weighted by Crippen LogP contribution is 2.28. The van der Waals surface area contributed by atoms with Crippen LogP contribution in [0.1, 0.15) is 32.3 Å². The molecule has 0 heterocycles. The second-order valence-electron chi connectivity index (χ2n) is 6.00. The number of ether oxygens (including phenoxy) is 1. The van der Waals surface area contributed by atoms with Gasteiger partial charge in [0, 0.05) is 5.69 Å². The Labute approximate surface area is 131 Å². The van der Waals surface area contributed by atoms with Gasteiger partial charge in [0.2, 0.25) is 5.91 Å². The maximum atomic E-state index is 12.5. The number of hydrogen-bond donors (Lipinski definition) is 1. The van der Waals surface area contributed by atoms with Crippen molar-refractivity contribution < 1.29 is 14.3 Å². The topological polar surface area (TPSA) is 55.4 Å². The molecule has 2 atom stereocenters. The lowest BCUT2D eigenvalue weighted by atomic mass is 9.82. The van der Waals surface area contributed by atoms with Crippen molar-refractivity contribution in [1.82, 2.24) is 0 Å². The third-order valence-electron chi connectivity index (χ3n) is 3.74. The Kier molecular flexibility index (Phi) is 5.36. The number of rotatable bonds is 4. The van der Waals surface area contributed by atoms with Gasteiger partial charge >= 0.3 is 5.97 Å². The Hall–Kier alpha value is -2.10. The molecule has 22 heavy (non-hydrogen) atoms. The van der Waals surface area contributed by atoms with E-state index in [9.17, 15) is 9.59 Å². The molecule has 0 saturated carbocycles. The van der Waals surface area contributed by atoms with Crippen molar-refractivity contribution in [2.45, 2.75) is 39.7 Å². The van der Waals surface area contributed by atoms with Crippen molar-refractivity contribution in [3.63, 3.8) is 0 Å². The van der Waals surface area contributed by atoms with Crippen LogP contribution in [0.3, 0.4) is 0 Å². The Balaban J connectivity index is 2.06. The van der Waals surface area contributed by atoms with E-state index >= 15 is 0 Å². The number of carbonyl (C=O) groups excluding carboxylic acids is 2. The van der Waals surface area contributed by atoms with Gasteiger partial charge in [0.15, 0.2) is 0 Å². The first-order valence-electron chi connectivity index (χ1n) is 7.70. The molecule has 0 aliphatic heterocycles. The van der Waals surface area contributed by atoms with Crippen molar-refractivity contribution in [2.24, 2.45) is 11.8 Å². The lowest BCUT2D eigenvalue weighted by Gasteiger charge is -2.26. The van der Waals surface area contributed by atoms with Crippen LogP contribution in [0.25, 0.3) is 0 Å². The minimum Gasteiger partial charge on any atom is -0.463 e. The summed E-state index contributed by atoms with van der Waals surface area (Å²) in [5.41, 5.74) is 1.89. The molecule has 118 valence electrons. The fourth-order valence-corrected chi connectivity index (χ4v) is 2.56. The van der Waals surface area contributed by atoms with E-state index in [1.54, 1.807) is 0 Å². The molecular weight excluding hydrogens is 278 g/mol. The van der Waals surface area contributed by atoms with E-state index in [0.29, 0.717) is 12.8 Å². The predicted molar refractivity (Wildman–Crippen MR) is 86.4 cm³/mol. The van der Waals surface area contributed by atoms with Crippen LogP contribution in [0, 0.1) is 18.8 Å². The standard InChI is InChI=1S/C18H23NO3/c1-12(2)22-18(21)16-7-5-4-6-15(16)17(20)19-14-10-8-13(3)9-11-14/h4-5,8-12,15-16H,6-7H2,1-3H3,(H,19,20)/t15-,16+/m1/s1. The summed E-state index contributed by atoms with van der Waals surface area (Å²) in [6.07, 6.45) is 4.85. The maximum Gasteiger partial charge on any atom is 0.310 e.